The minimum absolute atomic E-state index is 0.213. The summed E-state index contributed by atoms with van der Waals surface area (Å²) in [7, 11) is 0. The molecule has 1 aromatic carbocycles. The Balaban J connectivity index is 2.45. The zero-order valence-electron chi connectivity index (χ0n) is 9.56. The van der Waals surface area contributed by atoms with E-state index in [4.69, 9.17) is 10.8 Å². The second-order valence-corrected chi connectivity index (χ2v) is 4.31. The second kappa shape index (κ2) is 4.68. The number of rotatable bonds is 4. The molecule has 0 saturated carbocycles. The van der Waals surface area contributed by atoms with Crippen molar-refractivity contribution >= 4 is 10.9 Å². The highest BCUT2D eigenvalue weighted by molar-refractivity contribution is 5.83. The smallest absolute Gasteiger partial charge is 0.0525 e. The van der Waals surface area contributed by atoms with Crippen LogP contribution < -0.4 is 5.73 Å². The summed E-state index contributed by atoms with van der Waals surface area (Å²) >= 11 is 0. The van der Waals surface area contributed by atoms with Crippen molar-refractivity contribution in [1.29, 1.82) is 0 Å². The van der Waals surface area contributed by atoms with E-state index in [0.29, 0.717) is 6.54 Å². The predicted molar refractivity (Wildman–Crippen MR) is 66.1 cm³/mol. The number of aromatic nitrogens is 1. The molecule has 3 nitrogen and oxygen atoms in total. The zero-order valence-corrected chi connectivity index (χ0v) is 9.56. The number of aliphatic hydroxyl groups is 1. The molecule has 0 amide bonds. The predicted octanol–water partition coefficient (Wildman–Crippen LogP) is 1.73. The fraction of sp³-hybridized carbons (Fsp3) is 0.385. The first-order valence-electron chi connectivity index (χ1n) is 5.64. The molecular weight excluding hydrogens is 200 g/mol. The van der Waals surface area contributed by atoms with Gasteiger partial charge in [-0.05, 0) is 22.9 Å². The largest absolute Gasteiger partial charge is 0.396 e. The van der Waals surface area contributed by atoms with Gasteiger partial charge < -0.3 is 15.4 Å². The summed E-state index contributed by atoms with van der Waals surface area (Å²) in [4.78, 5) is 0. The molecule has 3 N–H and O–H groups in total. The van der Waals surface area contributed by atoms with E-state index in [9.17, 15) is 0 Å². The van der Waals surface area contributed by atoms with Crippen LogP contribution in [0.2, 0.25) is 0 Å². The fourth-order valence-electron chi connectivity index (χ4n) is 2.05. The minimum Gasteiger partial charge on any atom is -0.396 e. The van der Waals surface area contributed by atoms with E-state index in [0.717, 1.165) is 12.1 Å². The third-order valence-electron chi connectivity index (χ3n) is 2.91. The minimum atomic E-state index is 0.213. The third-order valence-corrected chi connectivity index (χ3v) is 2.91. The maximum Gasteiger partial charge on any atom is 0.0525 e. The molecule has 1 unspecified atom stereocenters. The molecule has 3 heteroatoms. The van der Waals surface area contributed by atoms with E-state index in [1.807, 2.05) is 13.0 Å². The highest BCUT2D eigenvalue weighted by Crippen LogP contribution is 2.21. The van der Waals surface area contributed by atoms with Gasteiger partial charge in [-0.15, -0.1) is 0 Å². The van der Waals surface area contributed by atoms with Gasteiger partial charge in [-0.25, -0.2) is 0 Å². The van der Waals surface area contributed by atoms with Gasteiger partial charge in [0.05, 0.1) is 5.52 Å². The SMILES string of the molecule is CC(CO)Cn1ccc2cccc(CN)c21. The van der Waals surface area contributed by atoms with Crippen LogP contribution >= 0.6 is 0 Å². The van der Waals surface area contributed by atoms with E-state index in [1.54, 1.807) is 0 Å². The van der Waals surface area contributed by atoms with Crippen molar-refractivity contribution in [2.45, 2.75) is 20.0 Å². The van der Waals surface area contributed by atoms with Crippen molar-refractivity contribution < 1.29 is 5.11 Å². The number of hydrogen-bond acceptors (Lipinski definition) is 2. The van der Waals surface area contributed by atoms with Crippen molar-refractivity contribution in [3.8, 4) is 0 Å². The summed E-state index contributed by atoms with van der Waals surface area (Å²) in [6.07, 6.45) is 2.07. The van der Waals surface area contributed by atoms with Crippen LogP contribution in [-0.2, 0) is 13.1 Å². The highest BCUT2D eigenvalue weighted by Gasteiger charge is 2.07. The van der Waals surface area contributed by atoms with E-state index in [-0.39, 0.29) is 12.5 Å². The van der Waals surface area contributed by atoms with Gasteiger partial charge in [0.25, 0.3) is 0 Å². The number of fused-ring (bicyclic) bond motifs is 1. The van der Waals surface area contributed by atoms with Crippen molar-refractivity contribution in [2.75, 3.05) is 6.61 Å². The number of nitrogens with two attached hydrogens (primary N) is 1. The lowest BCUT2D eigenvalue weighted by molar-refractivity contribution is 0.224. The Morgan fingerprint density at radius 3 is 2.88 bits per heavy atom. The second-order valence-electron chi connectivity index (χ2n) is 4.31. The molecule has 0 aliphatic rings. The van der Waals surface area contributed by atoms with Gasteiger partial charge in [0.1, 0.15) is 0 Å². The van der Waals surface area contributed by atoms with Gasteiger partial charge in [-0.3, -0.25) is 0 Å². The van der Waals surface area contributed by atoms with Crippen LogP contribution in [0.1, 0.15) is 12.5 Å². The molecule has 1 aromatic heterocycles. The molecule has 1 atom stereocenters. The molecule has 2 aromatic rings. The first kappa shape index (κ1) is 11.2. The molecule has 2 rings (SSSR count). The van der Waals surface area contributed by atoms with E-state index >= 15 is 0 Å². The van der Waals surface area contributed by atoms with Crippen LogP contribution in [0.3, 0.4) is 0 Å². The molecule has 0 aliphatic heterocycles. The fourth-order valence-corrected chi connectivity index (χ4v) is 2.05. The summed E-state index contributed by atoms with van der Waals surface area (Å²) in [5, 5.41) is 10.3. The molecule has 1 heterocycles. The molecule has 16 heavy (non-hydrogen) atoms. The van der Waals surface area contributed by atoms with Crippen LogP contribution in [0, 0.1) is 5.92 Å². The van der Waals surface area contributed by atoms with Crippen molar-refractivity contribution in [3.63, 3.8) is 0 Å². The molecule has 0 radical (unpaired) electrons. The normalized spacial score (nSPS) is 13.2. The lowest BCUT2D eigenvalue weighted by atomic mass is 10.1. The van der Waals surface area contributed by atoms with Crippen molar-refractivity contribution in [2.24, 2.45) is 11.7 Å². The Hall–Kier alpha value is -1.32. The molecule has 0 aliphatic carbocycles. The first-order valence-corrected chi connectivity index (χ1v) is 5.64. The van der Waals surface area contributed by atoms with Gasteiger partial charge in [0.15, 0.2) is 0 Å². The quantitative estimate of drug-likeness (QED) is 0.821. The van der Waals surface area contributed by atoms with E-state index in [1.165, 1.54) is 10.9 Å². The molecular formula is C13H18N2O. The third kappa shape index (κ3) is 1.96. The highest BCUT2D eigenvalue weighted by atomic mass is 16.3. The van der Waals surface area contributed by atoms with Crippen LogP contribution in [0.25, 0.3) is 10.9 Å². The summed E-state index contributed by atoms with van der Waals surface area (Å²) in [6, 6.07) is 8.28. The Kier molecular flexibility index (Phi) is 3.27. The van der Waals surface area contributed by atoms with Gasteiger partial charge in [0, 0.05) is 25.9 Å². The average molecular weight is 218 g/mol. The van der Waals surface area contributed by atoms with Crippen LogP contribution in [-0.4, -0.2) is 16.3 Å². The number of benzene rings is 1. The number of aliphatic hydroxyl groups excluding tert-OH is 1. The Bertz CT molecular complexity index is 476. The monoisotopic (exact) mass is 218 g/mol. The molecule has 0 saturated heterocycles. The molecule has 0 fully saturated rings. The summed E-state index contributed by atoms with van der Waals surface area (Å²) in [5.74, 6) is 0.265. The van der Waals surface area contributed by atoms with Gasteiger partial charge in [-0.2, -0.15) is 0 Å². The number of hydrogen-bond donors (Lipinski definition) is 2. The van der Waals surface area contributed by atoms with E-state index in [2.05, 4.69) is 29.0 Å². The Morgan fingerprint density at radius 2 is 2.19 bits per heavy atom. The lowest BCUT2D eigenvalue weighted by Crippen LogP contribution is -2.11. The van der Waals surface area contributed by atoms with Crippen molar-refractivity contribution in [1.82, 2.24) is 4.57 Å². The molecule has 0 spiro atoms. The first-order chi connectivity index (χ1) is 7.76. The summed E-state index contributed by atoms with van der Waals surface area (Å²) in [5.41, 5.74) is 8.10. The van der Waals surface area contributed by atoms with Gasteiger partial charge >= 0.3 is 0 Å². The van der Waals surface area contributed by atoms with Gasteiger partial charge in [-0.1, -0.05) is 25.1 Å². The molecule has 86 valence electrons. The number of para-hydroxylation sites is 1. The van der Waals surface area contributed by atoms with Crippen LogP contribution in [0.5, 0.6) is 0 Å². The lowest BCUT2D eigenvalue weighted by Gasteiger charge is -2.12. The number of nitrogens with zero attached hydrogens (tertiary/aromatic N) is 1. The van der Waals surface area contributed by atoms with Gasteiger partial charge in [0.2, 0.25) is 0 Å². The van der Waals surface area contributed by atoms with Crippen LogP contribution in [0.15, 0.2) is 30.5 Å². The standard InChI is InChI=1S/C13H18N2O/c1-10(9-16)8-15-6-5-11-3-2-4-12(7-14)13(11)15/h2-6,10,16H,7-9,14H2,1H3. The Morgan fingerprint density at radius 1 is 1.38 bits per heavy atom. The van der Waals surface area contributed by atoms with Crippen molar-refractivity contribution in [3.05, 3.63) is 36.0 Å². The molecule has 0 bridgehead atoms. The maximum atomic E-state index is 9.09. The maximum absolute atomic E-state index is 9.09. The Labute approximate surface area is 95.5 Å². The summed E-state index contributed by atoms with van der Waals surface area (Å²) < 4.78 is 2.18. The van der Waals surface area contributed by atoms with E-state index < -0.39 is 0 Å². The van der Waals surface area contributed by atoms with Crippen LogP contribution in [0.4, 0.5) is 0 Å². The average Bonchev–Trinajstić information content (AvgIpc) is 2.72. The zero-order chi connectivity index (χ0) is 11.5. The summed E-state index contributed by atoms with van der Waals surface area (Å²) in [6.45, 7) is 3.63. The topological polar surface area (TPSA) is 51.2 Å².